The van der Waals surface area contributed by atoms with Gasteiger partial charge in [-0.3, -0.25) is 4.99 Å². The van der Waals surface area contributed by atoms with Crippen LogP contribution in [-0.2, 0) is 6.54 Å². The van der Waals surface area contributed by atoms with E-state index >= 15 is 0 Å². The Balaban J connectivity index is 1.23. The normalized spacial score (nSPS) is 12.1. The standard InChI is InChI=1S/C50H39N5/c1-54(44-27-15-23-36-18-11-12-24-41(36)44)46-33-32-43-42-25-13-14-26-45(42)55(48(43)47(46)37-19-7-3-8-20-37)40-30-28-39(29-31-40)50(52-34-35-16-5-2-6-17-35)53-49(51)38-21-9-4-10-22-38/h2-33H,34H2,1H3,(H2,51,52,53). The van der Waals surface area contributed by atoms with E-state index in [1.807, 2.05) is 48.5 Å². The lowest BCUT2D eigenvalue weighted by atomic mass is 9.98. The number of nitrogens with zero attached hydrogens (tertiary/aromatic N) is 4. The van der Waals surface area contributed by atoms with E-state index in [2.05, 4.69) is 162 Å². The molecule has 0 saturated carbocycles. The van der Waals surface area contributed by atoms with Crippen LogP contribution in [0.25, 0.3) is 49.4 Å². The Bertz CT molecular complexity index is 2830. The van der Waals surface area contributed by atoms with Gasteiger partial charge in [0.2, 0.25) is 0 Å². The Hall–Kier alpha value is -7.24. The number of anilines is 2. The molecule has 1 heterocycles. The molecule has 0 spiro atoms. The highest BCUT2D eigenvalue weighted by Crippen LogP contribution is 2.45. The number of para-hydroxylation sites is 1. The number of rotatable bonds is 8. The van der Waals surface area contributed by atoms with Crippen molar-refractivity contribution >= 4 is 55.6 Å². The summed E-state index contributed by atoms with van der Waals surface area (Å²) in [4.78, 5) is 12.2. The SMILES string of the molecule is CN(c1ccc2c3ccccc3n(-c3ccc(C(N=C(N)c4ccccc4)=NCc4ccccc4)cc3)c2c1-c1ccccc1)c1cccc2ccccc12. The van der Waals surface area contributed by atoms with E-state index < -0.39 is 0 Å². The van der Waals surface area contributed by atoms with Crippen LogP contribution in [-0.4, -0.2) is 23.3 Å². The van der Waals surface area contributed by atoms with Gasteiger partial charge in [0.05, 0.1) is 23.3 Å². The Morgan fingerprint density at radius 3 is 1.95 bits per heavy atom. The number of benzene rings is 8. The van der Waals surface area contributed by atoms with E-state index in [-0.39, 0.29) is 0 Å². The van der Waals surface area contributed by atoms with Crippen molar-refractivity contribution in [2.24, 2.45) is 15.7 Å². The molecular formula is C50H39N5. The summed E-state index contributed by atoms with van der Waals surface area (Å²) in [6, 6.07) is 67.7. The van der Waals surface area contributed by atoms with Crippen LogP contribution >= 0.6 is 0 Å². The second-order valence-electron chi connectivity index (χ2n) is 13.7. The second kappa shape index (κ2) is 14.6. The molecule has 1 aromatic heterocycles. The second-order valence-corrected chi connectivity index (χ2v) is 13.7. The lowest BCUT2D eigenvalue weighted by Gasteiger charge is -2.26. The molecule has 5 nitrogen and oxygen atoms in total. The molecule has 0 fully saturated rings. The van der Waals surface area contributed by atoms with Crippen LogP contribution in [0.4, 0.5) is 11.4 Å². The maximum atomic E-state index is 6.58. The smallest absolute Gasteiger partial charge is 0.157 e. The Morgan fingerprint density at radius 2 is 1.18 bits per heavy atom. The van der Waals surface area contributed by atoms with Gasteiger partial charge in [-0.1, -0.05) is 152 Å². The molecule has 0 aliphatic heterocycles. The zero-order valence-electron chi connectivity index (χ0n) is 30.5. The van der Waals surface area contributed by atoms with Crippen LogP contribution in [0.3, 0.4) is 0 Å². The maximum Gasteiger partial charge on any atom is 0.157 e. The van der Waals surface area contributed by atoms with E-state index in [4.69, 9.17) is 15.7 Å². The van der Waals surface area contributed by atoms with Gasteiger partial charge in [0, 0.05) is 51.3 Å². The molecule has 8 aromatic carbocycles. The summed E-state index contributed by atoms with van der Waals surface area (Å²) >= 11 is 0. The molecule has 5 heteroatoms. The number of fused-ring (bicyclic) bond motifs is 4. The van der Waals surface area contributed by atoms with Crippen LogP contribution in [0.1, 0.15) is 16.7 Å². The summed E-state index contributed by atoms with van der Waals surface area (Å²) in [7, 11) is 2.18. The molecule has 0 saturated heterocycles. The maximum absolute atomic E-state index is 6.58. The third kappa shape index (κ3) is 6.42. The summed E-state index contributed by atoms with van der Waals surface area (Å²) in [6.07, 6.45) is 0. The van der Waals surface area contributed by atoms with E-state index in [0.717, 1.165) is 50.3 Å². The summed E-state index contributed by atoms with van der Waals surface area (Å²) in [5, 5.41) is 4.82. The molecule has 0 amide bonds. The van der Waals surface area contributed by atoms with Crippen LogP contribution in [0.2, 0.25) is 0 Å². The average molecular weight is 710 g/mol. The number of nitrogens with two attached hydrogens (primary N) is 1. The fourth-order valence-electron chi connectivity index (χ4n) is 7.60. The molecule has 9 aromatic rings. The minimum Gasteiger partial charge on any atom is -0.383 e. The molecular weight excluding hydrogens is 671 g/mol. The lowest BCUT2D eigenvalue weighted by molar-refractivity contribution is 1.06. The van der Waals surface area contributed by atoms with Gasteiger partial charge in [0.25, 0.3) is 0 Å². The zero-order valence-corrected chi connectivity index (χ0v) is 30.5. The number of hydrogen-bond acceptors (Lipinski definition) is 2. The van der Waals surface area contributed by atoms with Crippen molar-refractivity contribution in [1.82, 2.24) is 4.57 Å². The highest BCUT2D eigenvalue weighted by Gasteiger charge is 2.22. The van der Waals surface area contributed by atoms with Crippen molar-refractivity contribution in [3.05, 3.63) is 211 Å². The fourth-order valence-corrected chi connectivity index (χ4v) is 7.60. The summed E-state index contributed by atoms with van der Waals surface area (Å²) in [5.74, 6) is 1.01. The first-order valence-electron chi connectivity index (χ1n) is 18.6. The van der Waals surface area contributed by atoms with Gasteiger partial charge in [0.15, 0.2) is 5.84 Å². The number of aliphatic imine (C=N–C) groups is 2. The van der Waals surface area contributed by atoms with Crippen LogP contribution < -0.4 is 10.6 Å². The first-order valence-corrected chi connectivity index (χ1v) is 18.6. The van der Waals surface area contributed by atoms with Crippen molar-refractivity contribution in [1.29, 1.82) is 0 Å². The Kier molecular flexibility index (Phi) is 8.94. The minimum absolute atomic E-state index is 0.425. The fraction of sp³-hybridized carbons (Fsp3) is 0.0400. The molecule has 264 valence electrons. The van der Waals surface area contributed by atoms with Crippen LogP contribution in [0, 0.1) is 0 Å². The molecule has 0 bridgehead atoms. The quantitative estimate of drug-likeness (QED) is 0.126. The predicted molar refractivity (Wildman–Crippen MR) is 232 cm³/mol. The third-order valence-electron chi connectivity index (χ3n) is 10.3. The number of amidine groups is 2. The molecule has 0 aliphatic rings. The Labute approximate surface area is 321 Å². The average Bonchev–Trinajstić information content (AvgIpc) is 3.59. The first kappa shape index (κ1) is 33.6. The lowest BCUT2D eigenvalue weighted by Crippen LogP contribution is -2.16. The predicted octanol–water partition coefficient (Wildman–Crippen LogP) is 11.7. The molecule has 0 unspecified atom stereocenters. The van der Waals surface area contributed by atoms with Crippen LogP contribution in [0.5, 0.6) is 0 Å². The van der Waals surface area contributed by atoms with Crippen molar-refractivity contribution in [2.75, 3.05) is 11.9 Å². The van der Waals surface area contributed by atoms with Gasteiger partial charge in [-0.2, -0.15) is 0 Å². The summed E-state index contributed by atoms with van der Waals surface area (Å²) < 4.78 is 2.40. The molecule has 0 radical (unpaired) electrons. The minimum atomic E-state index is 0.425. The molecule has 9 rings (SSSR count). The van der Waals surface area contributed by atoms with Crippen molar-refractivity contribution < 1.29 is 0 Å². The monoisotopic (exact) mass is 709 g/mol. The van der Waals surface area contributed by atoms with E-state index in [1.54, 1.807) is 0 Å². The molecule has 0 aliphatic carbocycles. The highest BCUT2D eigenvalue weighted by atomic mass is 15.1. The summed E-state index contributed by atoms with van der Waals surface area (Å²) in [5.41, 5.74) is 17.3. The van der Waals surface area contributed by atoms with Gasteiger partial charge >= 0.3 is 0 Å². The molecule has 2 N–H and O–H groups in total. The molecule has 0 atom stereocenters. The van der Waals surface area contributed by atoms with Gasteiger partial charge in [-0.05, 0) is 59.0 Å². The largest absolute Gasteiger partial charge is 0.383 e. The van der Waals surface area contributed by atoms with Crippen molar-refractivity contribution in [2.45, 2.75) is 6.54 Å². The van der Waals surface area contributed by atoms with E-state index in [9.17, 15) is 0 Å². The number of aromatic nitrogens is 1. The number of hydrogen-bond donors (Lipinski definition) is 1. The topological polar surface area (TPSA) is 58.9 Å². The van der Waals surface area contributed by atoms with Gasteiger partial charge in [-0.25, -0.2) is 4.99 Å². The zero-order chi connectivity index (χ0) is 37.1. The highest BCUT2D eigenvalue weighted by molar-refractivity contribution is 6.17. The van der Waals surface area contributed by atoms with E-state index in [1.165, 1.54) is 27.1 Å². The van der Waals surface area contributed by atoms with E-state index in [0.29, 0.717) is 18.2 Å². The Morgan fingerprint density at radius 1 is 0.545 bits per heavy atom. The van der Waals surface area contributed by atoms with Gasteiger partial charge in [-0.15, -0.1) is 0 Å². The first-order chi connectivity index (χ1) is 27.1. The third-order valence-corrected chi connectivity index (χ3v) is 10.3. The molecule has 55 heavy (non-hydrogen) atoms. The van der Waals surface area contributed by atoms with Gasteiger partial charge in [0.1, 0.15) is 5.84 Å². The van der Waals surface area contributed by atoms with Crippen LogP contribution in [0.15, 0.2) is 204 Å². The van der Waals surface area contributed by atoms with Crippen molar-refractivity contribution in [3.63, 3.8) is 0 Å². The van der Waals surface area contributed by atoms with Gasteiger partial charge < -0.3 is 15.2 Å². The van der Waals surface area contributed by atoms with Crippen molar-refractivity contribution in [3.8, 4) is 16.8 Å². The summed E-state index contributed by atoms with van der Waals surface area (Å²) in [6.45, 7) is 0.490.